The van der Waals surface area contributed by atoms with Gasteiger partial charge in [-0.25, -0.2) is 0 Å². The highest BCUT2D eigenvalue weighted by Gasteiger charge is 2.42. The number of hydrogen-bond acceptors (Lipinski definition) is 3. The van der Waals surface area contributed by atoms with E-state index in [1.54, 1.807) is 18.1 Å². The molecule has 100 valence electrons. The summed E-state index contributed by atoms with van der Waals surface area (Å²) in [5, 5.41) is 0. The largest absolute Gasteiger partial charge is 0.383 e. The summed E-state index contributed by atoms with van der Waals surface area (Å²) in [6, 6.07) is 0. The predicted octanol–water partition coefficient (Wildman–Crippen LogP) is 1.41. The number of amides is 1. The molecule has 4 heteroatoms. The molecule has 0 aromatic carbocycles. The van der Waals surface area contributed by atoms with Crippen LogP contribution in [0.15, 0.2) is 12.7 Å². The normalized spacial score (nSPS) is 12.4. The van der Waals surface area contributed by atoms with Crippen LogP contribution in [-0.4, -0.2) is 43.2 Å². The Balaban J connectivity index is 4.87. The smallest absolute Gasteiger partial charge is 0.230 e. The molecule has 0 aromatic rings. The fourth-order valence-electron chi connectivity index (χ4n) is 1.30. The maximum absolute atomic E-state index is 12.5. The van der Waals surface area contributed by atoms with Gasteiger partial charge in [-0.05, 0) is 27.7 Å². The monoisotopic (exact) mass is 242 g/mol. The van der Waals surface area contributed by atoms with Crippen LogP contribution >= 0.6 is 0 Å². The van der Waals surface area contributed by atoms with E-state index < -0.39 is 11.0 Å². The SMILES string of the molecule is C=CCN(CCOC)C(=O)C(C)(C)C(C)(C)N. The van der Waals surface area contributed by atoms with Gasteiger partial charge in [-0.1, -0.05) is 6.08 Å². The van der Waals surface area contributed by atoms with Gasteiger partial charge in [-0.15, -0.1) is 6.58 Å². The molecule has 0 saturated carbocycles. The zero-order valence-corrected chi connectivity index (χ0v) is 11.7. The molecule has 0 atom stereocenters. The average molecular weight is 242 g/mol. The highest BCUT2D eigenvalue weighted by molar-refractivity contribution is 5.83. The third-order valence-electron chi connectivity index (χ3n) is 3.35. The first-order chi connectivity index (χ1) is 7.68. The van der Waals surface area contributed by atoms with Gasteiger partial charge in [0.25, 0.3) is 0 Å². The van der Waals surface area contributed by atoms with E-state index in [1.165, 1.54) is 0 Å². The fourth-order valence-corrected chi connectivity index (χ4v) is 1.30. The Morgan fingerprint density at radius 3 is 2.29 bits per heavy atom. The minimum atomic E-state index is -0.621. The van der Waals surface area contributed by atoms with E-state index in [9.17, 15) is 4.79 Å². The standard InChI is InChI=1S/C13H26N2O2/c1-7-8-15(9-10-17-6)11(16)12(2,3)13(4,5)14/h7H,1,8-10,14H2,2-6H3. The van der Waals surface area contributed by atoms with Crippen LogP contribution in [0.4, 0.5) is 0 Å². The van der Waals surface area contributed by atoms with E-state index in [2.05, 4.69) is 6.58 Å². The minimum absolute atomic E-state index is 0.0296. The van der Waals surface area contributed by atoms with Crippen LogP contribution in [0.5, 0.6) is 0 Å². The lowest BCUT2D eigenvalue weighted by Gasteiger charge is -2.40. The van der Waals surface area contributed by atoms with E-state index in [0.717, 1.165) is 0 Å². The van der Waals surface area contributed by atoms with Gasteiger partial charge in [0.05, 0.1) is 12.0 Å². The summed E-state index contributed by atoms with van der Waals surface area (Å²) >= 11 is 0. The molecule has 0 unspecified atom stereocenters. The summed E-state index contributed by atoms with van der Waals surface area (Å²) in [6.07, 6.45) is 1.72. The maximum atomic E-state index is 12.5. The molecule has 0 heterocycles. The van der Waals surface area contributed by atoms with Crippen LogP contribution in [0.1, 0.15) is 27.7 Å². The number of methoxy groups -OCH3 is 1. The molecule has 4 nitrogen and oxygen atoms in total. The number of rotatable bonds is 7. The second-order valence-electron chi connectivity index (χ2n) is 5.38. The van der Waals surface area contributed by atoms with Crippen LogP contribution < -0.4 is 5.73 Å². The summed E-state index contributed by atoms with van der Waals surface area (Å²) in [7, 11) is 1.62. The third-order valence-corrected chi connectivity index (χ3v) is 3.35. The molecule has 2 N–H and O–H groups in total. The number of nitrogens with two attached hydrogens (primary N) is 1. The van der Waals surface area contributed by atoms with Crippen molar-refractivity contribution in [2.45, 2.75) is 33.2 Å². The van der Waals surface area contributed by atoms with Crippen molar-refractivity contribution in [2.24, 2.45) is 11.1 Å². The molecule has 0 bridgehead atoms. The van der Waals surface area contributed by atoms with Crippen LogP contribution in [-0.2, 0) is 9.53 Å². The molecule has 0 aliphatic rings. The lowest BCUT2D eigenvalue weighted by atomic mass is 9.74. The maximum Gasteiger partial charge on any atom is 0.230 e. The van der Waals surface area contributed by atoms with Gasteiger partial charge in [-0.2, -0.15) is 0 Å². The van der Waals surface area contributed by atoms with Crippen LogP contribution in [0, 0.1) is 5.41 Å². The van der Waals surface area contributed by atoms with Crippen molar-refractivity contribution in [3.05, 3.63) is 12.7 Å². The first-order valence-corrected chi connectivity index (χ1v) is 5.86. The van der Waals surface area contributed by atoms with E-state index in [1.807, 2.05) is 27.7 Å². The second-order valence-corrected chi connectivity index (χ2v) is 5.38. The Morgan fingerprint density at radius 2 is 1.94 bits per heavy atom. The summed E-state index contributed by atoms with van der Waals surface area (Å²) in [5.41, 5.74) is 4.88. The molecule has 0 aromatic heterocycles. The van der Waals surface area contributed by atoms with E-state index in [0.29, 0.717) is 19.7 Å². The molecule has 0 saturated heterocycles. The Hall–Kier alpha value is -0.870. The first-order valence-electron chi connectivity index (χ1n) is 5.86. The Labute approximate surface area is 105 Å². The number of carbonyl (C=O) groups excluding carboxylic acids is 1. The van der Waals surface area contributed by atoms with Crippen LogP contribution in [0.3, 0.4) is 0 Å². The first kappa shape index (κ1) is 16.1. The van der Waals surface area contributed by atoms with Gasteiger partial charge in [0.2, 0.25) is 5.91 Å². The molecule has 0 rings (SSSR count). The van der Waals surface area contributed by atoms with Gasteiger partial charge in [0.15, 0.2) is 0 Å². The molecular formula is C13H26N2O2. The van der Waals surface area contributed by atoms with Crippen molar-refractivity contribution in [2.75, 3.05) is 26.8 Å². The summed E-state index contributed by atoms with van der Waals surface area (Å²) in [5.74, 6) is 0.0296. The van der Waals surface area contributed by atoms with E-state index >= 15 is 0 Å². The van der Waals surface area contributed by atoms with Gasteiger partial charge in [-0.3, -0.25) is 4.79 Å². The van der Waals surface area contributed by atoms with E-state index in [4.69, 9.17) is 10.5 Å². The summed E-state index contributed by atoms with van der Waals surface area (Å²) < 4.78 is 5.01. The highest BCUT2D eigenvalue weighted by atomic mass is 16.5. The van der Waals surface area contributed by atoms with Crippen LogP contribution in [0.25, 0.3) is 0 Å². The fraction of sp³-hybridized carbons (Fsp3) is 0.769. The van der Waals surface area contributed by atoms with E-state index in [-0.39, 0.29) is 5.91 Å². The lowest BCUT2D eigenvalue weighted by Crippen LogP contribution is -2.56. The number of carbonyl (C=O) groups is 1. The number of nitrogens with zero attached hydrogens (tertiary/aromatic N) is 1. The van der Waals surface area contributed by atoms with Gasteiger partial charge < -0.3 is 15.4 Å². The Bertz CT molecular complexity index is 267. The molecule has 0 aliphatic heterocycles. The van der Waals surface area contributed by atoms with Crippen LogP contribution in [0.2, 0.25) is 0 Å². The predicted molar refractivity (Wildman–Crippen MR) is 70.7 cm³/mol. The van der Waals surface area contributed by atoms with Crippen molar-refractivity contribution in [1.82, 2.24) is 4.90 Å². The molecule has 0 radical (unpaired) electrons. The Morgan fingerprint density at radius 1 is 1.41 bits per heavy atom. The zero-order chi connectivity index (χ0) is 13.7. The lowest BCUT2D eigenvalue weighted by molar-refractivity contribution is -0.143. The highest BCUT2D eigenvalue weighted by Crippen LogP contribution is 2.30. The molecule has 0 fully saturated rings. The Kier molecular flexibility index (Phi) is 5.85. The number of ether oxygens (including phenoxy) is 1. The molecule has 0 aliphatic carbocycles. The molecule has 17 heavy (non-hydrogen) atoms. The summed E-state index contributed by atoms with van der Waals surface area (Å²) in [6.45, 7) is 12.7. The molecule has 0 spiro atoms. The second kappa shape index (κ2) is 6.17. The minimum Gasteiger partial charge on any atom is -0.383 e. The average Bonchev–Trinajstić information content (AvgIpc) is 2.21. The van der Waals surface area contributed by atoms with Crippen molar-refractivity contribution >= 4 is 5.91 Å². The van der Waals surface area contributed by atoms with Gasteiger partial charge in [0, 0.05) is 25.7 Å². The van der Waals surface area contributed by atoms with Crippen molar-refractivity contribution in [3.63, 3.8) is 0 Å². The third kappa shape index (κ3) is 4.13. The summed E-state index contributed by atoms with van der Waals surface area (Å²) in [4.78, 5) is 14.2. The molecular weight excluding hydrogens is 216 g/mol. The van der Waals surface area contributed by atoms with Crippen molar-refractivity contribution in [1.29, 1.82) is 0 Å². The van der Waals surface area contributed by atoms with Gasteiger partial charge in [0.1, 0.15) is 0 Å². The number of hydrogen-bond donors (Lipinski definition) is 1. The van der Waals surface area contributed by atoms with Gasteiger partial charge >= 0.3 is 0 Å². The quantitative estimate of drug-likeness (QED) is 0.687. The zero-order valence-electron chi connectivity index (χ0n) is 11.7. The topological polar surface area (TPSA) is 55.6 Å². The molecule has 1 amide bonds. The van der Waals surface area contributed by atoms with Crippen molar-refractivity contribution < 1.29 is 9.53 Å². The van der Waals surface area contributed by atoms with Crippen molar-refractivity contribution in [3.8, 4) is 0 Å².